The van der Waals surface area contributed by atoms with Crippen molar-refractivity contribution >= 4 is 22.2 Å². The highest BCUT2D eigenvalue weighted by Crippen LogP contribution is 2.43. The van der Waals surface area contributed by atoms with Gasteiger partial charge in [-0.05, 0) is 31.2 Å². The third-order valence-corrected chi connectivity index (χ3v) is 6.01. The number of anilines is 1. The average molecular weight is 375 g/mol. The Hall–Kier alpha value is -2.45. The number of carbonyl (C=O) groups is 1. The summed E-state index contributed by atoms with van der Waals surface area (Å²) >= 11 is 1.64. The number of hydrogen-bond acceptors (Lipinski definition) is 7. The van der Waals surface area contributed by atoms with Gasteiger partial charge in [-0.2, -0.15) is 0 Å². The molecule has 2 aromatic rings. The second kappa shape index (κ2) is 6.37. The number of likely N-dealkylation sites (N-methyl/N-ethyl adjacent to an activating group) is 1. The number of methoxy groups -OCH3 is 2. The molecule has 1 aromatic heterocycles. The Morgan fingerprint density at radius 2 is 1.92 bits per heavy atom. The zero-order chi connectivity index (χ0) is 18.4. The van der Waals surface area contributed by atoms with Crippen molar-refractivity contribution in [1.29, 1.82) is 0 Å². The lowest BCUT2D eigenvalue weighted by Gasteiger charge is -2.28. The molecule has 0 bridgehead atoms. The van der Waals surface area contributed by atoms with Gasteiger partial charge in [0.15, 0.2) is 11.5 Å². The van der Waals surface area contributed by atoms with E-state index in [-0.39, 0.29) is 11.7 Å². The molecule has 1 atom stereocenters. The van der Waals surface area contributed by atoms with Crippen LogP contribution in [0.2, 0.25) is 0 Å². The lowest BCUT2D eigenvalue weighted by molar-refractivity contribution is 0.0934. The lowest BCUT2D eigenvalue weighted by Crippen LogP contribution is -2.38. The molecule has 138 valence electrons. The third-order valence-electron chi connectivity index (χ3n) is 4.86. The molecule has 0 saturated carbocycles. The zero-order valence-electron chi connectivity index (χ0n) is 14.9. The Morgan fingerprint density at radius 1 is 1.23 bits per heavy atom. The molecule has 26 heavy (non-hydrogen) atoms. The minimum atomic E-state index is -0.420. The van der Waals surface area contributed by atoms with E-state index in [2.05, 4.69) is 22.6 Å². The van der Waals surface area contributed by atoms with Crippen molar-refractivity contribution in [1.82, 2.24) is 10.2 Å². The highest BCUT2D eigenvalue weighted by atomic mass is 32.1. The number of aromatic hydroxyl groups is 1. The van der Waals surface area contributed by atoms with Crippen molar-refractivity contribution in [2.75, 3.05) is 33.1 Å². The molecule has 7 nitrogen and oxygen atoms in total. The third kappa shape index (κ3) is 2.65. The van der Waals surface area contributed by atoms with Crippen LogP contribution >= 0.6 is 11.3 Å². The van der Waals surface area contributed by atoms with Gasteiger partial charge in [0.2, 0.25) is 5.75 Å². The molecule has 0 fully saturated rings. The molecule has 3 heterocycles. The van der Waals surface area contributed by atoms with Crippen LogP contribution in [0.1, 0.15) is 32.5 Å². The van der Waals surface area contributed by atoms with Gasteiger partial charge < -0.3 is 30.1 Å². The Balaban J connectivity index is 1.71. The number of ether oxygens (including phenoxy) is 2. The number of benzene rings is 1. The lowest BCUT2D eigenvalue weighted by atomic mass is 10.0. The summed E-state index contributed by atoms with van der Waals surface area (Å²) in [4.78, 5) is 16.3. The molecule has 0 radical (unpaired) electrons. The van der Waals surface area contributed by atoms with Crippen LogP contribution in [0.5, 0.6) is 17.2 Å². The topological polar surface area (TPSA) is 83.1 Å². The van der Waals surface area contributed by atoms with E-state index in [1.807, 2.05) is 0 Å². The molecule has 8 heteroatoms. The first-order chi connectivity index (χ1) is 12.5. The van der Waals surface area contributed by atoms with Crippen LogP contribution in [0.15, 0.2) is 12.1 Å². The summed E-state index contributed by atoms with van der Waals surface area (Å²) in [6.45, 7) is 1.83. The number of nitrogens with zero attached hydrogens (tertiary/aromatic N) is 1. The SMILES string of the molecule is COc1cc(C2NC(=O)c3c(sc4c3CCN(C)C4)N2)cc(OC)c1O. The first kappa shape index (κ1) is 17.0. The molecule has 0 aliphatic carbocycles. The van der Waals surface area contributed by atoms with Gasteiger partial charge >= 0.3 is 0 Å². The fourth-order valence-corrected chi connectivity index (χ4v) is 4.84. The molecule has 2 aliphatic heterocycles. The Labute approximate surface area is 155 Å². The molecule has 3 N–H and O–H groups in total. The van der Waals surface area contributed by atoms with Crippen LogP contribution in [-0.4, -0.2) is 43.7 Å². The van der Waals surface area contributed by atoms with E-state index in [0.29, 0.717) is 11.5 Å². The maximum atomic E-state index is 12.8. The molecule has 2 aliphatic rings. The van der Waals surface area contributed by atoms with Gasteiger partial charge in [-0.15, -0.1) is 11.3 Å². The maximum Gasteiger partial charge on any atom is 0.256 e. The Morgan fingerprint density at radius 3 is 2.58 bits per heavy atom. The number of phenols is 1. The van der Waals surface area contributed by atoms with E-state index in [0.717, 1.165) is 41.2 Å². The molecule has 0 saturated heterocycles. The minimum Gasteiger partial charge on any atom is -0.502 e. The predicted molar refractivity (Wildman–Crippen MR) is 99.4 cm³/mol. The molecular formula is C18H21N3O4S. The molecule has 4 rings (SSSR count). The molecule has 1 unspecified atom stereocenters. The van der Waals surface area contributed by atoms with Crippen LogP contribution in [0, 0.1) is 0 Å². The Kier molecular flexibility index (Phi) is 4.16. The summed E-state index contributed by atoms with van der Waals surface area (Å²) in [5, 5.41) is 17.4. The summed E-state index contributed by atoms with van der Waals surface area (Å²) in [6.07, 6.45) is 0.467. The summed E-state index contributed by atoms with van der Waals surface area (Å²) in [7, 11) is 5.05. The molecule has 1 aromatic carbocycles. The standard InChI is InChI=1S/C18H21N3O4S/c1-21-5-4-10-13(8-21)26-18-14(10)17(23)19-16(20-18)9-6-11(24-2)15(22)12(7-9)25-3/h6-7,16,20,22H,4-5,8H2,1-3H3,(H,19,23). The summed E-state index contributed by atoms with van der Waals surface area (Å²) in [5.74, 6) is 0.467. The van der Waals surface area contributed by atoms with Crippen LogP contribution in [-0.2, 0) is 13.0 Å². The molecule has 0 spiro atoms. The van der Waals surface area contributed by atoms with Crippen molar-refractivity contribution in [2.45, 2.75) is 19.1 Å². The van der Waals surface area contributed by atoms with E-state index in [1.165, 1.54) is 19.1 Å². The van der Waals surface area contributed by atoms with E-state index in [9.17, 15) is 9.90 Å². The van der Waals surface area contributed by atoms with E-state index < -0.39 is 6.17 Å². The van der Waals surface area contributed by atoms with Crippen LogP contribution in [0.4, 0.5) is 5.00 Å². The number of rotatable bonds is 3. The zero-order valence-corrected chi connectivity index (χ0v) is 15.7. The fraction of sp³-hybridized carbons (Fsp3) is 0.389. The largest absolute Gasteiger partial charge is 0.502 e. The Bertz CT molecular complexity index is 855. The number of nitrogens with one attached hydrogen (secondary N) is 2. The van der Waals surface area contributed by atoms with Crippen molar-refractivity contribution in [3.8, 4) is 17.2 Å². The van der Waals surface area contributed by atoms with Gasteiger partial charge in [0.25, 0.3) is 5.91 Å². The first-order valence-electron chi connectivity index (χ1n) is 8.37. The van der Waals surface area contributed by atoms with Crippen LogP contribution < -0.4 is 20.1 Å². The smallest absolute Gasteiger partial charge is 0.256 e. The number of fused-ring (bicyclic) bond motifs is 3. The summed E-state index contributed by atoms with van der Waals surface area (Å²) in [6, 6.07) is 3.39. The number of carbonyl (C=O) groups excluding carboxylic acids is 1. The number of hydrogen-bond donors (Lipinski definition) is 3. The number of thiophene rings is 1. The average Bonchev–Trinajstić information content (AvgIpc) is 2.99. The monoisotopic (exact) mass is 375 g/mol. The van der Waals surface area contributed by atoms with Crippen molar-refractivity contribution in [3.63, 3.8) is 0 Å². The maximum absolute atomic E-state index is 12.8. The molecule has 1 amide bonds. The van der Waals surface area contributed by atoms with Crippen molar-refractivity contribution < 1.29 is 19.4 Å². The number of phenolic OH excluding ortho intramolecular Hbond substituents is 1. The van der Waals surface area contributed by atoms with Crippen molar-refractivity contribution in [3.05, 3.63) is 33.7 Å². The first-order valence-corrected chi connectivity index (χ1v) is 9.18. The van der Waals surface area contributed by atoms with E-state index >= 15 is 0 Å². The van der Waals surface area contributed by atoms with Gasteiger partial charge in [0.05, 0.1) is 19.8 Å². The normalized spacial score (nSPS) is 19.2. The highest BCUT2D eigenvalue weighted by Gasteiger charge is 2.33. The van der Waals surface area contributed by atoms with Gasteiger partial charge in [0, 0.05) is 23.5 Å². The van der Waals surface area contributed by atoms with Crippen molar-refractivity contribution in [2.24, 2.45) is 0 Å². The quantitative estimate of drug-likeness (QED) is 0.764. The molecular weight excluding hydrogens is 354 g/mol. The second-order valence-electron chi connectivity index (χ2n) is 6.52. The van der Waals surface area contributed by atoms with Gasteiger partial charge in [-0.3, -0.25) is 4.79 Å². The highest BCUT2D eigenvalue weighted by molar-refractivity contribution is 7.16. The van der Waals surface area contributed by atoms with Crippen LogP contribution in [0.25, 0.3) is 0 Å². The van der Waals surface area contributed by atoms with Gasteiger partial charge in [-0.1, -0.05) is 0 Å². The van der Waals surface area contributed by atoms with Gasteiger partial charge in [0.1, 0.15) is 11.2 Å². The van der Waals surface area contributed by atoms with E-state index in [1.54, 1.807) is 23.5 Å². The summed E-state index contributed by atoms with van der Waals surface area (Å²) in [5.41, 5.74) is 2.68. The van der Waals surface area contributed by atoms with Crippen LogP contribution in [0.3, 0.4) is 0 Å². The van der Waals surface area contributed by atoms with E-state index in [4.69, 9.17) is 9.47 Å². The second-order valence-corrected chi connectivity index (χ2v) is 7.63. The summed E-state index contributed by atoms with van der Waals surface area (Å²) < 4.78 is 10.4. The predicted octanol–water partition coefficient (Wildman–Crippen LogP) is 2.31. The van der Waals surface area contributed by atoms with Gasteiger partial charge in [-0.25, -0.2) is 0 Å². The fourth-order valence-electron chi connectivity index (χ4n) is 3.49. The number of amides is 1. The minimum absolute atomic E-state index is 0.0591.